The first-order valence-electron chi connectivity index (χ1n) is 9.10. The molecule has 1 fully saturated rings. The minimum Gasteiger partial charge on any atom is -0.298 e. The summed E-state index contributed by atoms with van der Waals surface area (Å²) < 4.78 is 28.1. The minimum atomic E-state index is -3.42. The van der Waals surface area contributed by atoms with Crippen LogP contribution in [0.15, 0.2) is 29.2 Å². The van der Waals surface area contributed by atoms with Gasteiger partial charge in [-0.2, -0.15) is 4.31 Å². The molecule has 0 saturated carbocycles. The van der Waals surface area contributed by atoms with Crippen molar-refractivity contribution in [3.8, 4) is 0 Å². The van der Waals surface area contributed by atoms with Gasteiger partial charge in [-0.25, -0.2) is 8.42 Å². The number of sulfonamides is 1. The van der Waals surface area contributed by atoms with E-state index in [1.54, 1.807) is 16.4 Å². The SMILES string of the molecule is CCc1ccc(S(=O)(=O)N2CCN(C(C)C)CC2CC(C)C)cc1. The van der Waals surface area contributed by atoms with E-state index in [-0.39, 0.29) is 6.04 Å². The zero-order valence-electron chi connectivity index (χ0n) is 15.7. The minimum absolute atomic E-state index is 0.0528. The Balaban J connectivity index is 2.28. The van der Waals surface area contributed by atoms with Crippen molar-refractivity contribution in [2.45, 2.75) is 64.4 Å². The lowest BCUT2D eigenvalue weighted by molar-refractivity contribution is 0.0977. The van der Waals surface area contributed by atoms with Gasteiger partial charge in [0.15, 0.2) is 0 Å². The lowest BCUT2D eigenvalue weighted by Crippen LogP contribution is -2.56. The first-order chi connectivity index (χ1) is 11.3. The Labute approximate surface area is 147 Å². The topological polar surface area (TPSA) is 40.6 Å². The second-order valence-electron chi connectivity index (χ2n) is 7.49. The van der Waals surface area contributed by atoms with Crippen LogP contribution in [0.25, 0.3) is 0 Å². The van der Waals surface area contributed by atoms with Gasteiger partial charge in [0.2, 0.25) is 10.0 Å². The Hall–Kier alpha value is -0.910. The Morgan fingerprint density at radius 3 is 2.21 bits per heavy atom. The molecule has 1 heterocycles. The lowest BCUT2D eigenvalue weighted by Gasteiger charge is -2.42. The van der Waals surface area contributed by atoms with Gasteiger partial charge in [-0.05, 0) is 50.3 Å². The third-order valence-corrected chi connectivity index (χ3v) is 6.84. The predicted octanol–water partition coefficient (Wildman–Crippen LogP) is 3.38. The first kappa shape index (κ1) is 19.4. The van der Waals surface area contributed by atoms with Gasteiger partial charge in [0.25, 0.3) is 0 Å². The Morgan fingerprint density at radius 2 is 1.71 bits per heavy atom. The van der Waals surface area contributed by atoms with Crippen LogP contribution in [0.1, 0.15) is 46.6 Å². The van der Waals surface area contributed by atoms with E-state index >= 15 is 0 Å². The van der Waals surface area contributed by atoms with Gasteiger partial charge >= 0.3 is 0 Å². The molecule has 1 aliphatic heterocycles. The van der Waals surface area contributed by atoms with E-state index in [9.17, 15) is 8.42 Å². The average molecular weight is 353 g/mol. The molecule has 0 N–H and O–H groups in total. The molecule has 2 rings (SSSR count). The highest BCUT2D eigenvalue weighted by molar-refractivity contribution is 7.89. The molecule has 1 aliphatic rings. The largest absolute Gasteiger partial charge is 0.298 e. The van der Waals surface area contributed by atoms with E-state index in [4.69, 9.17) is 0 Å². The molecular formula is C19H32N2O2S. The molecule has 24 heavy (non-hydrogen) atoms. The van der Waals surface area contributed by atoms with Crippen molar-refractivity contribution in [1.82, 2.24) is 9.21 Å². The maximum atomic E-state index is 13.2. The average Bonchev–Trinajstić information content (AvgIpc) is 2.54. The molecule has 5 heteroatoms. The van der Waals surface area contributed by atoms with E-state index in [0.717, 1.165) is 31.5 Å². The third kappa shape index (κ3) is 4.38. The second-order valence-corrected chi connectivity index (χ2v) is 9.38. The van der Waals surface area contributed by atoms with Gasteiger partial charge in [0.05, 0.1) is 4.90 Å². The normalized spacial score (nSPS) is 20.9. The molecule has 0 radical (unpaired) electrons. The van der Waals surface area contributed by atoms with Gasteiger partial charge < -0.3 is 0 Å². The number of hydrogen-bond donors (Lipinski definition) is 0. The zero-order chi connectivity index (χ0) is 17.9. The molecule has 136 valence electrons. The van der Waals surface area contributed by atoms with Gasteiger partial charge in [-0.1, -0.05) is 32.9 Å². The fourth-order valence-electron chi connectivity index (χ4n) is 3.42. The monoisotopic (exact) mass is 352 g/mol. The number of aryl methyl sites for hydroxylation is 1. The molecule has 1 aromatic rings. The van der Waals surface area contributed by atoms with Crippen LogP contribution < -0.4 is 0 Å². The van der Waals surface area contributed by atoms with Crippen LogP contribution in [0.4, 0.5) is 0 Å². The van der Waals surface area contributed by atoms with Gasteiger partial charge in [0, 0.05) is 31.7 Å². The van der Waals surface area contributed by atoms with Crippen molar-refractivity contribution in [2.75, 3.05) is 19.6 Å². The van der Waals surface area contributed by atoms with Crippen LogP contribution in [0, 0.1) is 5.92 Å². The van der Waals surface area contributed by atoms with Crippen molar-refractivity contribution < 1.29 is 8.42 Å². The smallest absolute Gasteiger partial charge is 0.243 e. The Kier molecular flexibility index (Phi) is 6.46. The van der Waals surface area contributed by atoms with E-state index < -0.39 is 10.0 Å². The van der Waals surface area contributed by atoms with E-state index in [0.29, 0.717) is 23.4 Å². The van der Waals surface area contributed by atoms with Gasteiger partial charge in [0.1, 0.15) is 0 Å². The summed E-state index contributed by atoms with van der Waals surface area (Å²) in [4.78, 5) is 2.81. The van der Waals surface area contributed by atoms with Crippen LogP contribution in [0.2, 0.25) is 0 Å². The lowest BCUT2D eigenvalue weighted by atomic mass is 10.0. The second kappa shape index (κ2) is 7.98. The first-order valence-corrected chi connectivity index (χ1v) is 10.5. The summed E-state index contributed by atoms with van der Waals surface area (Å²) in [5.41, 5.74) is 1.16. The van der Waals surface area contributed by atoms with E-state index in [1.807, 2.05) is 12.1 Å². The Morgan fingerprint density at radius 1 is 1.08 bits per heavy atom. The maximum Gasteiger partial charge on any atom is 0.243 e. The fourth-order valence-corrected chi connectivity index (χ4v) is 5.03. The zero-order valence-corrected chi connectivity index (χ0v) is 16.5. The van der Waals surface area contributed by atoms with Crippen LogP contribution >= 0.6 is 0 Å². The van der Waals surface area contributed by atoms with E-state index in [2.05, 4.69) is 39.5 Å². The van der Waals surface area contributed by atoms with Crippen LogP contribution in [0.3, 0.4) is 0 Å². The Bertz CT molecular complexity index is 623. The summed E-state index contributed by atoms with van der Waals surface area (Å²) in [6.07, 6.45) is 1.82. The summed E-state index contributed by atoms with van der Waals surface area (Å²) in [5, 5.41) is 0. The van der Waals surface area contributed by atoms with Crippen molar-refractivity contribution in [3.05, 3.63) is 29.8 Å². The van der Waals surface area contributed by atoms with Crippen molar-refractivity contribution in [3.63, 3.8) is 0 Å². The molecule has 1 atom stereocenters. The summed E-state index contributed by atoms with van der Waals surface area (Å²) in [7, 11) is -3.42. The molecule has 1 unspecified atom stereocenters. The molecule has 0 amide bonds. The molecular weight excluding hydrogens is 320 g/mol. The van der Waals surface area contributed by atoms with Gasteiger partial charge in [-0.3, -0.25) is 4.90 Å². The molecule has 0 aromatic heterocycles. The highest BCUT2D eigenvalue weighted by Gasteiger charge is 2.36. The van der Waals surface area contributed by atoms with Crippen LogP contribution in [-0.2, 0) is 16.4 Å². The van der Waals surface area contributed by atoms with Crippen molar-refractivity contribution in [1.29, 1.82) is 0 Å². The molecule has 1 saturated heterocycles. The van der Waals surface area contributed by atoms with Crippen LogP contribution in [-0.4, -0.2) is 49.3 Å². The van der Waals surface area contributed by atoms with Crippen molar-refractivity contribution in [2.24, 2.45) is 5.92 Å². The highest BCUT2D eigenvalue weighted by Crippen LogP contribution is 2.26. The molecule has 0 spiro atoms. The van der Waals surface area contributed by atoms with E-state index in [1.165, 1.54) is 0 Å². The molecule has 1 aromatic carbocycles. The van der Waals surface area contributed by atoms with Gasteiger partial charge in [-0.15, -0.1) is 0 Å². The number of benzene rings is 1. The number of hydrogen-bond acceptors (Lipinski definition) is 3. The summed E-state index contributed by atoms with van der Waals surface area (Å²) in [6.45, 7) is 13.0. The summed E-state index contributed by atoms with van der Waals surface area (Å²) in [6, 6.07) is 7.87. The standard InChI is InChI=1S/C19H32N2O2S/c1-6-17-7-9-19(10-8-17)24(22,23)21-12-11-20(16(4)5)14-18(21)13-15(2)3/h7-10,15-16,18H,6,11-14H2,1-5H3. The number of nitrogens with zero attached hydrogens (tertiary/aromatic N) is 2. The van der Waals surface area contributed by atoms with Crippen LogP contribution in [0.5, 0.6) is 0 Å². The fraction of sp³-hybridized carbons (Fsp3) is 0.684. The third-order valence-electron chi connectivity index (χ3n) is 4.87. The maximum absolute atomic E-state index is 13.2. The predicted molar refractivity (Wildman–Crippen MR) is 99.7 cm³/mol. The summed E-state index contributed by atoms with van der Waals surface area (Å²) >= 11 is 0. The highest BCUT2D eigenvalue weighted by atomic mass is 32.2. The quantitative estimate of drug-likeness (QED) is 0.788. The number of rotatable bonds is 6. The summed E-state index contributed by atoms with van der Waals surface area (Å²) in [5.74, 6) is 0.474. The molecule has 0 bridgehead atoms. The molecule has 4 nitrogen and oxygen atoms in total. The molecule has 0 aliphatic carbocycles. The number of piperazine rings is 1. The van der Waals surface area contributed by atoms with Crippen molar-refractivity contribution >= 4 is 10.0 Å².